The maximum absolute atomic E-state index is 12.3. The van der Waals surface area contributed by atoms with Crippen LogP contribution in [-0.2, 0) is 0 Å². The van der Waals surface area contributed by atoms with Crippen molar-refractivity contribution < 1.29 is 4.79 Å². The molecule has 1 saturated heterocycles. The van der Waals surface area contributed by atoms with Gasteiger partial charge < -0.3 is 4.90 Å². The molecule has 0 radical (unpaired) electrons. The second-order valence-corrected chi connectivity index (χ2v) is 5.27. The van der Waals surface area contributed by atoms with E-state index >= 15 is 0 Å². The Morgan fingerprint density at radius 3 is 2.65 bits per heavy atom. The zero-order valence-corrected chi connectivity index (χ0v) is 10.9. The number of nitrogens with zero attached hydrogens (tertiary/aromatic N) is 1. The number of hydrogen-bond acceptors (Lipinski definition) is 1. The Hall–Kier alpha value is -1.02. The van der Waals surface area contributed by atoms with Gasteiger partial charge in [-0.2, -0.15) is 0 Å². The molecule has 1 heterocycles. The first-order chi connectivity index (χ1) is 8.16. The predicted molar refractivity (Wildman–Crippen MR) is 70.4 cm³/mol. The number of likely N-dealkylation sites (tertiary alicyclic amines) is 1. The summed E-state index contributed by atoms with van der Waals surface area (Å²) in [6.45, 7) is 4.02. The summed E-state index contributed by atoms with van der Waals surface area (Å²) in [6, 6.07) is 7.16. The van der Waals surface area contributed by atoms with Gasteiger partial charge in [-0.3, -0.25) is 4.79 Å². The second-order valence-electron chi connectivity index (χ2n) is 4.84. The van der Waals surface area contributed by atoms with Crippen LogP contribution in [0.5, 0.6) is 0 Å². The molecule has 3 heteroatoms. The predicted octanol–water partition coefficient (Wildman–Crippen LogP) is 3.60. The molecule has 1 amide bonds. The molecule has 1 aliphatic rings. The fourth-order valence-corrected chi connectivity index (χ4v) is 2.37. The normalized spacial score (nSPS) is 21.1. The Balaban J connectivity index is 2.06. The first kappa shape index (κ1) is 12.4. The summed E-state index contributed by atoms with van der Waals surface area (Å²) in [5.74, 6) is 0.869. The molecule has 2 rings (SSSR count). The zero-order valence-electron chi connectivity index (χ0n) is 10.2. The lowest BCUT2D eigenvalue weighted by Gasteiger charge is -2.20. The van der Waals surface area contributed by atoms with E-state index in [0.29, 0.717) is 5.02 Å². The van der Waals surface area contributed by atoms with Crippen LogP contribution in [0.3, 0.4) is 0 Å². The fraction of sp³-hybridized carbons (Fsp3) is 0.500. The van der Waals surface area contributed by atoms with E-state index in [0.717, 1.165) is 37.4 Å². The van der Waals surface area contributed by atoms with Crippen molar-refractivity contribution in [2.45, 2.75) is 26.2 Å². The molecule has 0 bridgehead atoms. The van der Waals surface area contributed by atoms with E-state index in [1.165, 1.54) is 6.42 Å². The van der Waals surface area contributed by atoms with Gasteiger partial charge in [0.05, 0.1) is 0 Å². The van der Waals surface area contributed by atoms with Crippen molar-refractivity contribution in [3.8, 4) is 0 Å². The summed E-state index contributed by atoms with van der Waals surface area (Å²) < 4.78 is 0. The lowest BCUT2D eigenvalue weighted by atomic mass is 10.0. The highest BCUT2D eigenvalue weighted by Crippen LogP contribution is 2.19. The highest BCUT2D eigenvalue weighted by Gasteiger charge is 2.19. The largest absolute Gasteiger partial charge is 0.339 e. The van der Waals surface area contributed by atoms with Gasteiger partial charge in [-0.1, -0.05) is 18.5 Å². The maximum atomic E-state index is 12.3. The van der Waals surface area contributed by atoms with Crippen LogP contribution in [0.4, 0.5) is 0 Å². The van der Waals surface area contributed by atoms with Gasteiger partial charge in [0.2, 0.25) is 0 Å². The van der Waals surface area contributed by atoms with Crippen molar-refractivity contribution in [1.29, 1.82) is 0 Å². The molecule has 0 N–H and O–H groups in total. The molecule has 17 heavy (non-hydrogen) atoms. The molecule has 92 valence electrons. The van der Waals surface area contributed by atoms with Gasteiger partial charge in [0.15, 0.2) is 0 Å². The minimum Gasteiger partial charge on any atom is -0.339 e. The van der Waals surface area contributed by atoms with E-state index in [1.54, 1.807) is 24.3 Å². The zero-order chi connectivity index (χ0) is 12.3. The summed E-state index contributed by atoms with van der Waals surface area (Å²) in [6.07, 6.45) is 3.45. The molecule has 1 aromatic carbocycles. The quantitative estimate of drug-likeness (QED) is 0.747. The Bertz CT molecular complexity index is 388. The lowest BCUT2D eigenvalue weighted by Crippen LogP contribution is -2.31. The van der Waals surface area contributed by atoms with Crippen LogP contribution in [0.1, 0.15) is 36.5 Å². The third-order valence-electron chi connectivity index (χ3n) is 3.40. The van der Waals surface area contributed by atoms with Crippen molar-refractivity contribution >= 4 is 17.5 Å². The summed E-state index contributed by atoms with van der Waals surface area (Å²) >= 11 is 5.82. The first-order valence-corrected chi connectivity index (χ1v) is 6.59. The second kappa shape index (κ2) is 5.54. The van der Waals surface area contributed by atoms with Crippen molar-refractivity contribution in [2.24, 2.45) is 5.92 Å². The van der Waals surface area contributed by atoms with Crippen molar-refractivity contribution in [1.82, 2.24) is 4.90 Å². The summed E-state index contributed by atoms with van der Waals surface area (Å²) in [5.41, 5.74) is 0.740. The minimum atomic E-state index is 0.135. The number of hydrogen-bond donors (Lipinski definition) is 0. The van der Waals surface area contributed by atoms with Crippen molar-refractivity contribution in [3.05, 3.63) is 34.9 Å². The average molecular weight is 252 g/mol. The molecular weight excluding hydrogens is 234 g/mol. The van der Waals surface area contributed by atoms with E-state index < -0.39 is 0 Å². The Kier molecular flexibility index (Phi) is 4.06. The van der Waals surface area contributed by atoms with Crippen LogP contribution < -0.4 is 0 Å². The van der Waals surface area contributed by atoms with Crippen molar-refractivity contribution in [3.63, 3.8) is 0 Å². The highest BCUT2D eigenvalue weighted by atomic mass is 35.5. The monoisotopic (exact) mass is 251 g/mol. The van der Waals surface area contributed by atoms with Crippen LogP contribution in [0.15, 0.2) is 24.3 Å². The van der Waals surface area contributed by atoms with Crippen LogP contribution >= 0.6 is 11.6 Å². The van der Waals surface area contributed by atoms with Gasteiger partial charge in [0, 0.05) is 23.7 Å². The van der Waals surface area contributed by atoms with Gasteiger partial charge in [0.1, 0.15) is 0 Å². The number of amides is 1. The Labute approximate surface area is 108 Å². The molecule has 1 aliphatic heterocycles. The number of halogens is 1. The number of benzene rings is 1. The standard InChI is InChI=1S/C14H18ClNO/c1-11-3-2-9-16(10-8-11)14(17)12-4-6-13(15)7-5-12/h4-7,11H,2-3,8-10H2,1H3. The van der Waals surface area contributed by atoms with E-state index in [4.69, 9.17) is 11.6 Å². The van der Waals surface area contributed by atoms with Crippen LogP contribution in [0.2, 0.25) is 5.02 Å². The molecule has 0 aromatic heterocycles. The molecule has 1 atom stereocenters. The molecule has 1 fully saturated rings. The topological polar surface area (TPSA) is 20.3 Å². The summed E-state index contributed by atoms with van der Waals surface area (Å²) in [4.78, 5) is 14.2. The third-order valence-corrected chi connectivity index (χ3v) is 3.65. The molecule has 0 spiro atoms. The number of carbonyl (C=O) groups is 1. The van der Waals surface area contributed by atoms with Gasteiger partial charge in [0.25, 0.3) is 5.91 Å². The Morgan fingerprint density at radius 2 is 1.94 bits per heavy atom. The number of carbonyl (C=O) groups excluding carboxylic acids is 1. The molecular formula is C14H18ClNO. The van der Waals surface area contributed by atoms with E-state index in [-0.39, 0.29) is 5.91 Å². The van der Waals surface area contributed by atoms with Crippen LogP contribution in [0.25, 0.3) is 0 Å². The smallest absolute Gasteiger partial charge is 0.253 e. The fourth-order valence-electron chi connectivity index (χ4n) is 2.24. The van der Waals surface area contributed by atoms with Gasteiger partial charge in [-0.25, -0.2) is 0 Å². The molecule has 0 saturated carbocycles. The van der Waals surface area contributed by atoms with Crippen LogP contribution in [0, 0.1) is 5.92 Å². The first-order valence-electron chi connectivity index (χ1n) is 6.21. The molecule has 0 aliphatic carbocycles. The average Bonchev–Trinajstić information content (AvgIpc) is 2.54. The van der Waals surface area contributed by atoms with E-state index in [1.807, 2.05) is 4.90 Å². The van der Waals surface area contributed by atoms with E-state index in [2.05, 4.69) is 6.92 Å². The van der Waals surface area contributed by atoms with E-state index in [9.17, 15) is 4.79 Å². The third kappa shape index (κ3) is 3.22. The van der Waals surface area contributed by atoms with Crippen molar-refractivity contribution in [2.75, 3.05) is 13.1 Å². The minimum absolute atomic E-state index is 0.135. The number of rotatable bonds is 1. The van der Waals surface area contributed by atoms with Crippen LogP contribution in [-0.4, -0.2) is 23.9 Å². The highest BCUT2D eigenvalue weighted by molar-refractivity contribution is 6.30. The summed E-state index contributed by atoms with van der Waals surface area (Å²) in [5, 5.41) is 0.672. The Morgan fingerprint density at radius 1 is 1.24 bits per heavy atom. The summed E-state index contributed by atoms with van der Waals surface area (Å²) in [7, 11) is 0. The van der Waals surface area contributed by atoms with Gasteiger partial charge in [-0.15, -0.1) is 0 Å². The molecule has 1 aromatic rings. The molecule has 1 unspecified atom stereocenters. The van der Waals surface area contributed by atoms with Gasteiger partial charge >= 0.3 is 0 Å². The SMILES string of the molecule is CC1CCCN(C(=O)c2ccc(Cl)cc2)CC1. The van der Waals surface area contributed by atoms with Gasteiger partial charge in [-0.05, 0) is 49.4 Å². The molecule has 2 nitrogen and oxygen atoms in total. The maximum Gasteiger partial charge on any atom is 0.253 e. The lowest BCUT2D eigenvalue weighted by molar-refractivity contribution is 0.0760.